The first-order valence-electron chi connectivity index (χ1n) is 26.1. The molecule has 0 radical (unpaired) electrons. The van der Waals surface area contributed by atoms with Crippen LogP contribution in [0.1, 0.15) is 239 Å². The van der Waals surface area contributed by atoms with Crippen LogP contribution in [0, 0.1) is 0 Å². The number of carbonyl (C=O) groups excluding carboxylic acids is 3. The van der Waals surface area contributed by atoms with E-state index in [-0.39, 0.29) is 31.1 Å². The zero-order chi connectivity index (χ0) is 45.8. The summed E-state index contributed by atoms with van der Waals surface area (Å²) < 4.78 is 16.8. The molecule has 0 bridgehead atoms. The van der Waals surface area contributed by atoms with Gasteiger partial charge in [0.15, 0.2) is 6.10 Å². The third kappa shape index (κ3) is 49.5. The van der Waals surface area contributed by atoms with Crippen molar-refractivity contribution in [1.29, 1.82) is 0 Å². The molecule has 0 fully saturated rings. The molecule has 0 aliphatic heterocycles. The molecule has 0 saturated heterocycles. The van der Waals surface area contributed by atoms with Crippen LogP contribution in [0.5, 0.6) is 0 Å². The Morgan fingerprint density at radius 2 is 0.619 bits per heavy atom. The molecule has 0 saturated carbocycles. The maximum absolute atomic E-state index is 12.8. The Labute approximate surface area is 388 Å². The van der Waals surface area contributed by atoms with Crippen LogP contribution in [-0.2, 0) is 28.6 Å². The van der Waals surface area contributed by atoms with E-state index in [1.165, 1.54) is 77.0 Å². The Balaban J connectivity index is 4.45. The van der Waals surface area contributed by atoms with E-state index in [1.807, 2.05) is 0 Å². The highest BCUT2D eigenvalue weighted by Crippen LogP contribution is 2.14. The molecule has 0 heterocycles. The number of hydrogen-bond donors (Lipinski definition) is 0. The lowest BCUT2D eigenvalue weighted by molar-refractivity contribution is -0.167. The largest absolute Gasteiger partial charge is 0.462 e. The van der Waals surface area contributed by atoms with E-state index >= 15 is 0 Å². The topological polar surface area (TPSA) is 78.9 Å². The lowest BCUT2D eigenvalue weighted by Crippen LogP contribution is -2.30. The third-order valence-electron chi connectivity index (χ3n) is 10.9. The fraction of sp³-hybridized carbons (Fsp3) is 0.702. The number of esters is 3. The number of hydrogen-bond acceptors (Lipinski definition) is 6. The minimum absolute atomic E-state index is 0.0931. The van der Waals surface area contributed by atoms with Gasteiger partial charge in [-0.1, -0.05) is 209 Å². The summed E-state index contributed by atoms with van der Waals surface area (Å²) in [5, 5.41) is 0. The van der Waals surface area contributed by atoms with Gasteiger partial charge in [-0.25, -0.2) is 0 Å². The molecule has 6 heteroatoms. The van der Waals surface area contributed by atoms with Crippen molar-refractivity contribution in [3.63, 3.8) is 0 Å². The number of carbonyl (C=O) groups is 3. The first-order chi connectivity index (χ1) is 31.0. The third-order valence-corrected chi connectivity index (χ3v) is 10.9. The van der Waals surface area contributed by atoms with E-state index in [1.54, 1.807) is 0 Å². The molecule has 0 aromatic carbocycles. The van der Waals surface area contributed by atoms with Crippen molar-refractivity contribution in [1.82, 2.24) is 0 Å². The zero-order valence-electron chi connectivity index (χ0n) is 41.1. The summed E-state index contributed by atoms with van der Waals surface area (Å²) in [6, 6.07) is 0. The monoisotopic (exact) mass is 877 g/mol. The zero-order valence-corrected chi connectivity index (χ0v) is 41.1. The van der Waals surface area contributed by atoms with Gasteiger partial charge in [0.25, 0.3) is 0 Å². The van der Waals surface area contributed by atoms with Crippen molar-refractivity contribution in [2.45, 2.75) is 245 Å². The minimum Gasteiger partial charge on any atom is -0.462 e. The Morgan fingerprint density at radius 3 is 1.02 bits per heavy atom. The Kier molecular flexibility index (Phi) is 48.5. The molecule has 0 aliphatic carbocycles. The second-order valence-corrected chi connectivity index (χ2v) is 17.1. The van der Waals surface area contributed by atoms with Gasteiger partial charge in [0.1, 0.15) is 13.2 Å². The molecular weight excluding hydrogens is 781 g/mol. The van der Waals surface area contributed by atoms with E-state index < -0.39 is 6.10 Å². The summed E-state index contributed by atoms with van der Waals surface area (Å²) >= 11 is 0. The molecule has 0 aromatic heterocycles. The van der Waals surface area contributed by atoms with Gasteiger partial charge in [0, 0.05) is 19.3 Å². The van der Waals surface area contributed by atoms with E-state index in [9.17, 15) is 14.4 Å². The summed E-state index contributed by atoms with van der Waals surface area (Å²) in [7, 11) is 0. The smallest absolute Gasteiger partial charge is 0.306 e. The molecule has 0 aliphatic rings. The molecule has 0 amide bonds. The highest BCUT2D eigenvalue weighted by atomic mass is 16.6. The SMILES string of the molecule is CC/C=C\C/C=C\C/C=C\CCCCCCCC(=O)O[C@H](COC(=O)CCCCC/C=C\C/C=C\C/C=C\C/C=C\CCCCC)COC(=O)CCCCCCCCCCCCC. The van der Waals surface area contributed by atoms with Gasteiger partial charge in [-0.3, -0.25) is 14.4 Å². The van der Waals surface area contributed by atoms with Crippen LogP contribution >= 0.6 is 0 Å². The molecule has 1 atom stereocenters. The molecule has 0 aromatic rings. The van der Waals surface area contributed by atoms with E-state index in [0.717, 1.165) is 122 Å². The number of allylic oxidation sites excluding steroid dienone is 14. The van der Waals surface area contributed by atoms with Gasteiger partial charge in [-0.15, -0.1) is 0 Å². The van der Waals surface area contributed by atoms with Gasteiger partial charge < -0.3 is 14.2 Å². The second-order valence-electron chi connectivity index (χ2n) is 17.1. The van der Waals surface area contributed by atoms with Crippen molar-refractivity contribution in [3.8, 4) is 0 Å². The first kappa shape index (κ1) is 59.6. The standard InChI is InChI=1S/C57H96O6/c1-4-7-10-13-16-19-22-24-26-27-28-29-31-32-35-38-41-44-47-50-56(59)62-53-54(52-61-55(58)49-46-43-40-37-34-21-18-15-12-9-6-3)63-57(60)51-48-45-42-39-36-33-30-25-23-20-17-14-11-8-5-2/h8,11,16-17,19-20,24-26,28-30,32,35,54H,4-7,9-10,12-15,18,21-23,27,31,33-34,36-53H2,1-3H3/b11-8-,19-16-,20-17-,26-24-,29-28-,30-25-,35-32-/t54-/m0/s1. The minimum atomic E-state index is -0.797. The van der Waals surface area contributed by atoms with Crippen molar-refractivity contribution in [3.05, 3.63) is 85.1 Å². The summed E-state index contributed by atoms with van der Waals surface area (Å²) in [5.74, 6) is -0.943. The normalized spacial score (nSPS) is 12.7. The van der Waals surface area contributed by atoms with Crippen molar-refractivity contribution < 1.29 is 28.6 Å². The van der Waals surface area contributed by atoms with Gasteiger partial charge in [0.2, 0.25) is 0 Å². The fourth-order valence-corrected chi connectivity index (χ4v) is 6.97. The predicted octanol–water partition coefficient (Wildman–Crippen LogP) is 17.2. The van der Waals surface area contributed by atoms with Gasteiger partial charge >= 0.3 is 17.9 Å². The maximum atomic E-state index is 12.8. The molecule has 0 N–H and O–H groups in total. The van der Waals surface area contributed by atoms with Crippen LogP contribution in [0.15, 0.2) is 85.1 Å². The van der Waals surface area contributed by atoms with Gasteiger partial charge in [-0.05, 0) is 96.3 Å². The van der Waals surface area contributed by atoms with Crippen LogP contribution in [0.4, 0.5) is 0 Å². The highest BCUT2D eigenvalue weighted by Gasteiger charge is 2.19. The molecule has 63 heavy (non-hydrogen) atoms. The van der Waals surface area contributed by atoms with Gasteiger partial charge in [-0.2, -0.15) is 0 Å². The van der Waals surface area contributed by atoms with E-state index in [2.05, 4.69) is 106 Å². The van der Waals surface area contributed by atoms with Crippen molar-refractivity contribution >= 4 is 17.9 Å². The van der Waals surface area contributed by atoms with Crippen molar-refractivity contribution in [2.24, 2.45) is 0 Å². The van der Waals surface area contributed by atoms with E-state index in [0.29, 0.717) is 19.3 Å². The van der Waals surface area contributed by atoms with E-state index in [4.69, 9.17) is 14.2 Å². The average molecular weight is 877 g/mol. The molecule has 0 unspecified atom stereocenters. The Hall–Kier alpha value is -3.41. The van der Waals surface area contributed by atoms with Crippen LogP contribution in [0.2, 0.25) is 0 Å². The summed E-state index contributed by atoms with van der Waals surface area (Å²) in [4.78, 5) is 38.0. The quantitative estimate of drug-likeness (QED) is 0.0262. The summed E-state index contributed by atoms with van der Waals surface area (Å²) in [5.41, 5.74) is 0. The molecule has 0 spiro atoms. The number of unbranched alkanes of at least 4 members (excludes halogenated alkanes) is 21. The van der Waals surface area contributed by atoms with Crippen LogP contribution < -0.4 is 0 Å². The second kappa shape index (κ2) is 51.2. The lowest BCUT2D eigenvalue weighted by Gasteiger charge is -2.18. The van der Waals surface area contributed by atoms with Crippen LogP contribution in [0.25, 0.3) is 0 Å². The van der Waals surface area contributed by atoms with Crippen LogP contribution in [-0.4, -0.2) is 37.2 Å². The lowest BCUT2D eigenvalue weighted by atomic mass is 10.1. The number of rotatable bonds is 46. The Morgan fingerprint density at radius 1 is 0.333 bits per heavy atom. The predicted molar refractivity (Wildman–Crippen MR) is 270 cm³/mol. The molecular formula is C57H96O6. The number of ether oxygens (including phenoxy) is 3. The molecule has 0 rings (SSSR count). The van der Waals surface area contributed by atoms with Crippen LogP contribution in [0.3, 0.4) is 0 Å². The first-order valence-corrected chi connectivity index (χ1v) is 26.1. The fourth-order valence-electron chi connectivity index (χ4n) is 6.97. The summed E-state index contributed by atoms with van der Waals surface area (Å²) in [6.45, 7) is 6.45. The Bertz CT molecular complexity index is 1240. The summed E-state index contributed by atoms with van der Waals surface area (Å²) in [6.07, 6.45) is 65.6. The molecule has 6 nitrogen and oxygen atoms in total. The molecule has 360 valence electrons. The maximum Gasteiger partial charge on any atom is 0.306 e. The van der Waals surface area contributed by atoms with Crippen molar-refractivity contribution in [2.75, 3.05) is 13.2 Å². The van der Waals surface area contributed by atoms with Gasteiger partial charge in [0.05, 0.1) is 0 Å². The highest BCUT2D eigenvalue weighted by molar-refractivity contribution is 5.71. The average Bonchev–Trinajstić information content (AvgIpc) is 3.28.